The largest absolute Gasteiger partial charge is 0.381 e. The standard InChI is InChI=1S/C12H22O2/c1-2-3-9-14-10-8-11-6-4-5-7-12(11)13/h11H,2-10H2,1H3/t11-/m1/s1. The van der Waals surface area contributed by atoms with Gasteiger partial charge in [-0.25, -0.2) is 0 Å². The number of carbonyl (C=O) groups excluding carboxylic acids is 1. The maximum atomic E-state index is 11.5. The van der Waals surface area contributed by atoms with Gasteiger partial charge in [0.05, 0.1) is 0 Å². The van der Waals surface area contributed by atoms with Gasteiger partial charge in [0.2, 0.25) is 0 Å². The highest BCUT2D eigenvalue weighted by Gasteiger charge is 2.21. The summed E-state index contributed by atoms with van der Waals surface area (Å²) in [4.78, 5) is 11.5. The molecule has 1 aliphatic carbocycles. The van der Waals surface area contributed by atoms with Crippen LogP contribution in [-0.4, -0.2) is 19.0 Å². The van der Waals surface area contributed by atoms with Gasteiger partial charge in [0.25, 0.3) is 0 Å². The van der Waals surface area contributed by atoms with Crippen molar-refractivity contribution < 1.29 is 9.53 Å². The molecule has 0 aromatic carbocycles. The summed E-state index contributed by atoms with van der Waals surface area (Å²) in [5, 5.41) is 0. The monoisotopic (exact) mass is 198 g/mol. The molecule has 0 bridgehead atoms. The number of carbonyl (C=O) groups is 1. The van der Waals surface area contributed by atoms with E-state index in [-0.39, 0.29) is 0 Å². The Balaban J connectivity index is 2.02. The number of ketones is 1. The molecule has 1 saturated carbocycles. The van der Waals surface area contributed by atoms with Crippen LogP contribution in [0, 0.1) is 5.92 Å². The maximum absolute atomic E-state index is 11.5. The summed E-state index contributed by atoms with van der Waals surface area (Å²) in [7, 11) is 0. The summed E-state index contributed by atoms with van der Waals surface area (Å²) in [5.41, 5.74) is 0. The molecule has 0 saturated heterocycles. The molecule has 0 unspecified atom stereocenters. The zero-order chi connectivity index (χ0) is 10.2. The highest BCUT2D eigenvalue weighted by atomic mass is 16.5. The first-order valence-corrected chi connectivity index (χ1v) is 5.95. The van der Waals surface area contributed by atoms with Crippen molar-refractivity contribution in [2.24, 2.45) is 5.92 Å². The van der Waals surface area contributed by atoms with Crippen molar-refractivity contribution in [2.75, 3.05) is 13.2 Å². The third-order valence-electron chi connectivity index (χ3n) is 2.93. The Morgan fingerprint density at radius 3 is 2.93 bits per heavy atom. The van der Waals surface area contributed by atoms with Crippen molar-refractivity contribution in [3.63, 3.8) is 0 Å². The normalized spacial score (nSPS) is 22.6. The van der Waals surface area contributed by atoms with Gasteiger partial charge in [0, 0.05) is 25.6 Å². The fourth-order valence-electron chi connectivity index (χ4n) is 1.93. The van der Waals surface area contributed by atoms with Gasteiger partial charge in [-0.2, -0.15) is 0 Å². The Bertz CT molecular complexity index is 166. The third-order valence-corrected chi connectivity index (χ3v) is 2.93. The molecule has 0 N–H and O–H groups in total. The molecular formula is C12H22O2. The van der Waals surface area contributed by atoms with Crippen LogP contribution in [0.2, 0.25) is 0 Å². The van der Waals surface area contributed by atoms with E-state index in [0.29, 0.717) is 11.7 Å². The average Bonchev–Trinajstić information content (AvgIpc) is 2.20. The van der Waals surface area contributed by atoms with E-state index in [9.17, 15) is 4.79 Å². The van der Waals surface area contributed by atoms with E-state index < -0.39 is 0 Å². The lowest BCUT2D eigenvalue weighted by Gasteiger charge is -2.19. The van der Waals surface area contributed by atoms with Gasteiger partial charge in [0.15, 0.2) is 0 Å². The number of hydrogen-bond acceptors (Lipinski definition) is 2. The summed E-state index contributed by atoms with van der Waals surface area (Å²) in [5.74, 6) is 0.778. The van der Waals surface area contributed by atoms with Crippen LogP contribution in [0.25, 0.3) is 0 Å². The summed E-state index contributed by atoms with van der Waals surface area (Å²) >= 11 is 0. The SMILES string of the molecule is CCCCOCC[C@H]1CCCCC1=O. The lowest BCUT2D eigenvalue weighted by molar-refractivity contribution is -0.125. The Kier molecular flexibility index (Phi) is 5.85. The second kappa shape index (κ2) is 6.99. The van der Waals surface area contributed by atoms with Gasteiger partial charge in [0.1, 0.15) is 5.78 Å². The summed E-state index contributed by atoms with van der Waals surface area (Å²) in [6.45, 7) is 3.79. The predicted octanol–water partition coefficient (Wildman–Crippen LogP) is 2.95. The van der Waals surface area contributed by atoms with Crippen LogP contribution < -0.4 is 0 Å². The van der Waals surface area contributed by atoms with Gasteiger partial charge in [-0.3, -0.25) is 4.79 Å². The Morgan fingerprint density at radius 2 is 2.21 bits per heavy atom. The minimum atomic E-state index is 0.311. The molecule has 0 aromatic rings. The quantitative estimate of drug-likeness (QED) is 0.613. The van der Waals surface area contributed by atoms with Crippen molar-refractivity contribution in [1.29, 1.82) is 0 Å². The van der Waals surface area contributed by atoms with E-state index in [1.165, 1.54) is 12.8 Å². The number of rotatable bonds is 6. The van der Waals surface area contributed by atoms with Crippen LogP contribution in [0.4, 0.5) is 0 Å². The predicted molar refractivity (Wildman–Crippen MR) is 57.3 cm³/mol. The van der Waals surface area contributed by atoms with E-state index in [4.69, 9.17) is 4.74 Å². The second-order valence-electron chi connectivity index (χ2n) is 4.16. The number of hydrogen-bond donors (Lipinski definition) is 0. The van der Waals surface area contributed by atoms with E-state index in [1.54, 1.807) is 0 Å². The zero-order valence-corrected chi connectivity index (χ0v) is 9.26. The summed E-state index contributed by atoms with van der Waals surface area (Å²) < 4.78 is 5.47. The molecule has 0 heterocycles. The smallest absolute Gasteiger partial charge is 0.136 e. The number of unbranched alkanes of at least 4 members (excludes halogenated alkanes) is 1. The van der Waals surface area contributed by atoms with Crippen molar-refractivity contribution in [3.8, 4) is 0 Å². The van der Waals surface area contributed by atoms with Crippen LogP contribution >= 0.6 is 0 Å². The van der Waals surface area contributed by atoms with Crippen LogP contribution in [0.5, 0.6) is 0 Å². The fourth-order valence-corrected chi connectivity index (χ4v) is 1.93. The molecule has 82 valence electrons. The molecule has 1 rings (SSSR count). The third kappa shape index (κ3) is 4.23. The molecule has 14 heavy (non-hydrogen) atoms. The molecule has 1 fully saturated rings. The first kappa shape index (κ1) is 11.7. The fraction of sp³-hybridized carbons (Fsp3) is 0.917. The highest BCUT2D eigenvalue weighted by Crippen LogP contribution is 2.23. The molecule has 1 aliphatic rings. The van der Waals surface area contributed by atoms with Gasteiger partial charge in [-0.15, -0.1) is 0 Å². The lowest BCUT2D eigenvalue weighted by Crippen LogP contribution is -2.20. The van der Waals surface area contributed by atoms with E-state index in [2.05, 4.69) is 6.92 Å². The molecule has 0 aromatic heterocycles. The van der Waals surface area contributed by atoms with Crippen molar-refractivity contribution >= 4 is 5.78 Å². The Morgan fingerprint density at radius 1 is 1.36 bits per heavy atom. The number of Topliss-reactive ketones (excluding diaryl/α,β-unsaturated/α-hetero) is 1. The molecule has 1 atom stereocenters. The molecule has 0 radical (unpaired) electrons. The van der Waals surface area contributed by atoms with Gasteiger partial charge in [-0.05, 0) is 25.7 Å². The van der Waals surface area contributed by atoms with Crippen LogP contribution in [-0.2, 0) is 9.53 Å². The average molecular weight is 198 g/mol. The van der Waals surface area contributed by atoms with Crippen molar-refractivity contribution in [3.05, 3.63) is 0 Å². The van der Waals surface area contributed by atoms with Gasteiger partial charge in [-0.1, -0.05) is 19.8 Å². The lowest BCUT2D eigenvalue weighted by atomic mass is 9.86. The molecule has 0 aliphatic heterocycles. The van der Waals surface area contributed by atoms with Crippen LogP contribution in [0.15, 0.2) is 0 Å². The molecular weight excluding hydrogens is 176 g/mol. The van der Waals surface area contributed by atoms with E-state index in [1.807, 2.05) is 0 Å². The zero-order valence-electron chi connectivity index (χ0n) is 9.26. The van der Waals surface area contributed by atoms with Crippen molar-refractivity contribution in [1.82, 2.24) is 0 Å². The van der Waals surface area contributed by atoms with Crippen LogP contribution in [0.3, 0.4) is 0 Å². The Hall–Kier alpha value is -0.370. The number of ether oxygens (including phenoxy) is 1. The van der Waals surface area contributed by atoms with Gasteiger partial charge >= 0.3 is 0 Å². The molecule has 0 amide bonds. The Labute approximate surface area is 87.0 Å². The first-order valence-electron chi connectivity index (χ1n) is 5.95. The summed E-state index contributed by atoms with van der Waals surface area (Å²) in [6.07, 6.45) is 7.50. The van der Waals surface area contributed by atoms with Crippen molar-refractivity contribution in [2.45, 2.75) is 51.9 Å². The molecule has 2 heteroatoms. The topological polar surface area (TPSA) is 26.3 Å². The molecule has 0 spiro atoms. The maximum Gasteiger partial charge on any atom is 0.136 e. The van der Waals surface area contributed by atoms with Gasteiger partial charge < -0.3 is 4.74 Å². The van der Waals surface area contributed by atoms with E-state index in [0.717, 1.165) is 45.3 Å². The minimum Gasteiger partial charge on any atom is -0.381 e. The first-order chi connectivity index (χ1) is 6.84. The second-order valence-corrected chi connectivity index (χ2v) is 4.16. The minimum absolute atomic E-state index is 0.311. The van der Waals surface area contributed by atoms with E-state index >= 15 is 0 Å². The molecule has 2 nitrogen and oxygen atoms in total. The summed E-state index contributed by atoms with van der Waals surface area (Å²) in [6, 6.07) is 0. The highest BCUT2D eigenvalue weighted by molar-refractivity contribution is 5.81. The van der Waals surface area contributed by atoms with Crippen LogP contribution in [0.1, 0.15) is 51.9 Å².